The van der Waals surface area contributed by atoms with Gasteiger partial charge in [0, 0.05) is 4.88 Å². The van der Waals surface area contributed by atoms with Gasteiger partial charge in [-0.25, -0.2) is 0 Å². The van der Waals surface area contributed by atoms with Crippen LogP contribution in [0.4, 0.5) is 0 Å². The van der Waals surface area contributed by atoms with E-state index in [4.69, 9.17) is 0 Å². The summed E-state index contributed by atoms with van der Waals surface area (Å²) in [5.74, 6) is 0.322. The van der Waals surface area contributed by atoms with Gasteiger partial charge in [-0.05, 0) is 23.6 Å². The predicted octanol–water partition coefficient (Wildman–Crippen LogP) is 0.527. The van der Waals surface area contributed by atoms with E-state index in [-0.39, 0.29) is 0 Å². The Morgan fingerprint density at radius 2 is 2.36 bits per heavy atom. The molecule has 0 aromatic carbocycles. The molecule has 6 heteroatoms. The molecule has 0 aliphatic carbocycles. The molecule has 2 aromatic heterocycles. The van der Waals surface area contributed by atoms with Crippen LogP contribution < -0.4 is 0 Å². The zero-order chi connectivity index (χ0) is 10.2. The Morgan fingerprint density at radius 1 is 1.57 bits per heavy atom. The van der Waals surface area contributed by atoms with Crippen LogP contribution in [-0.4, -0.2) is 25.3 Å². The highest BCUT2D eigenvalue weighted by Gasteiger charge is 2.31. The predicted molar refractivity (Wildman–Crippen MR) is 51.8 cm³/mol. The first-order valence-corrected chi connectivity index (χ1v) is 4.99. The van der Waals surface area contributed by atoms with Crippen molar-refractivity contribution in [3.63, 3.8) is 0 Å². The average Bonchev–Trinajstić information content (AvgIpc) is 2.72. The third-order valence-electron chi connectivity index (χ3n) is 1.94. The minimum Gasteiger partial charge on any atom is -0.376 e. The van der Waals surface area contributed by atoms with E-state index in [9.17, 15) is 5.11 Å². The summed E-state index contributed by atoms with van der Waals surface area (Å²) in [6.07, 6.45) is 0. The van der Waals surface area contributed by atoms with Crippen LogP contribution in [0.15, 0.2) is 17.5 Å². The minimum atomic E-state index is -1.15. The van der Waals surface area contributed by atoms with Crippen molar-refractivity contribution in [1.29, 1.82) is 0 Å². The number of aliphatic hydroxyl groups is 1. The molecular weight excluding hydrogens is 200 g/mol. The molecule has 0 amide bonds. The number of rotatable bonds is 2. The second-order valence-corrected chi connectivity index (χ2v) is 4.10. The van der Waals surface area contributed by atoms with Gasteiger partial charge in [0.25, 0.3) is 0 Å². The molecule has 2 aromatic rings. The molecule has 0 fully saturated rings. The molecule has 0 saturated heterocycles. The van der Waals surface area contributed by atoms with E-state index in [1.54, 1.807) is 14.0 Å². The van der Waals surface area contributed by atoms with Crippen molar-refractivity contribution in [3.05, 3.63) is 28.2 Å². The SMILES string of the molecule is Cn1nnc(C(C)(O)c2cccs2)n1. The molecule has 1 atom stereocenters. The third-order valence-corrected chi connectivity index (χ3v) is 3.03. The van der Waals surface area contributed by atoms with Gasteiger partial charge in [0.05, 0.1) is 7.05 Å². The van der Waals surface area contributed by atoms with E-state index in [0.29, 0.717) is 5.82 Å². The van der Waals surface area contributed by atoms with Crippen LogP contribution in [0.5, 0.6) is 0 Å². The van der Waals surface area contributed by atoms with Gasteiger partial charge in [-0.3, -0.25) is 0 Å². The van der Waals surface area contributed by atoms with Crippen molar-refractivity contribution in [1.82, 2.24) is 20.2 Å². The van der Waals surface area contributed by atoms with Gasteiger partial charge < -0.3 is 5.11 Å². The van der Waals surface area contributed by atoms with Crippen molar-refractivity contribution < 1.29 is 5.11 Å². The summed E-state index contributed by atoms with van der Waals surface area (Å²) < 4.78 is 0. The first kappa shape index (κ1) is 9.29. The maximum Gasteiger partial charge on any atom is 0.211 e. The fourth-order valence-corrected chi connectivity index (χ4v) is 1.93. The molecule has 0 saturated carbocycles. The molecule has 74 valence electrons. The first-order chi connectivity index (χ1) is 6.60. The maximum atomic E-state index is 10.2. The van der Waals surface area contributed by atoms with Crippen LogP contribution in [0.2, 0.25) is 0 Å². The maximum absolute atomic E-state index is 10.2. The number of thiophene rings is 1. The fraction of sp³-hybridized carbons (Fsp3) is 0.375. The Labute approximate surface area is 85.0 Å². The van der Waals surface area contributed by atoms with Gasteiger partial charge in [-0.2, -0.15) is 4.80 Å². The van der Waals surface area contributed by atoms with E-state index < -0.39 is 5.60 Å². The normalized spacial score (nSPS) is 15.4. The van der Waals surface area contributed by atoms with Crippen LogP contribution in [0.1, 0.15) is 17.6 Å². The first-order valence-electron chi connectivity index (χ1n) is 4.11. The van der Waals surface area contributed by atoms with E-state index >= 15 is 0 Å². The summed E-state index contributed by atoms with van der Waals surface area (Å²) in [5.41, 5.74) is -1.15. The van der Waals surface area contributed by atoms with Gasteiger partial charge in [0.1, 0.15) is 0 Å². The second-order valence-electron chi connectivity index (χ2n) is 3.15. The summed E-state index contributed by atoms with van der Waals surface area (Å²) in [7, 11) is 1.67. The monoisotopic (exact) mass is 210 g/mol. The molecular formula is C8H10N4OS. The molecule has 5 nitrogen and oxygen atoms in total. The van der Waals surface area contributed by atoms with Crippen molar-refractivity contribution >= 4 is 11.3 Å². The van der Waals surface area contributed by atoms with Crippen LogP contribution in [0.25, 0.3) is 0 Å². The largest absolute Gasteiger partial charge is 0.376 e. The number of aromatic nitrogens is 4. The van der Waals surface area contributed by atoms with Gasteiger partial charge in [0.2, 0.25) is 5.82 Å². The smallest absolute Gasteiger partial charge is 0.211 e. The summed E-state index contributed by atoms with van der Waals surface area (Å²) in [4.78, 5) is 2.14. The molecule has 1 N–H and O–H groups in total. The topological polar surface area (TPSA) is 63.8 Å². The molecule has 1 unspecified atom stereocenters. The minimum absolute atomic E-state index is 0.322. The Kier molecular flexibility index (Phi) is 2.09. The van der Waals surface area contributed by atoms with Crippen LogP contribution in [-0.2, 0) is 12.6 Å². The highest BCUT2D eigenvalue weighted by molar-refractivity contribution is 7.10. The third kappa shape index (κ3) is 1.42. The summed E-state index contributed by atoms with van der Waals surface area (Å²) >= 11 is 1.47. The molecule has 0 aliphatic rings. The number of hydrogen-bond acceptors (Lipinski definition) is 5. The highest BCUT2D eigenvalue weighted by Crippen LogP contribution is 2.29. The number of tetrazole rings is 1. The van der Waals surface area contributed by atoms with Crippen molar-refractivity contribution in [3.8, 4) is 0 Å². The molecule has 0 spiro atoms. The number of hydrogen-bond donors (Lipinski definition) is 1. The van der Waals surface area contributed by atoms with Crippen molar-refractivity contribution in [2.45, 2.75) is 12.5 Å². The number of nitrogens with zero attached hydrogens (tertiary/aromatic N) is 4. The van der Waals surface area contributed by atoms with E-state index in [0.717, 1.165) is 4.88 Å². The van der Waals surface area contributed by atoms with E-state index in [2.05, 4.69) is 15.4 Å². The summed E-state index contributed by atoms with van der Waals surface area (Å²) in [6, 6.07) is 3.73. The standard InChI is InChI=1S/C8H10N4OS/c1-8(13,6-4-3-5-14-6)7-9-11-12(2)10-7/h3-5,13H,1-2H3. The molecule has 0 aliphatic heterocycles. The molecule has 0 radical (unpaired) electrons. The Balaban J connectivity index is 2.42. The second kappa shape index (κ2) is 3.14. The zero-order valence-electron chi connectivity index (χ0n) is 7.88. The fourth-order valence-electron chi connectivity index (χ4n) is 1.14. The number of aryl methyl sites for hydroxylation is 1. The quantitative estimate of drug-likeness (QED) is 0.785. The highest BCUT2D eigenvalue weighted by atomic mass is 32.1. The van der Waals surface area contributed by atoms with E-state index in [1.165, 1.54) is 16.1 Å². The lowest BCUT2D eigenvalue weighted by Gasteiger charge is -2.16. The Bertz CT molecular complexity index is 420. The lowest BCUT2D eigenvalue weighted by molar-refractivity contribution is 0.0958. The van der Waals surface area contributed by atoms with Crippen LogP contribution in [0.3, 0.4) is 0 Å². The van der Waals surface area contributed by atoms with Crippen molar-refractivity contribution in [2.24, 2.45) is 7.05 Å². The van der Waals surface area contributed by atoms with E-state index in [1.807, 2.05) is 17.5 Å². The molecule has 0 bridgehead atoms. The van der Waals surface area contributed by atoms with Gasteiger partial charge in [-0.1, -0.05) is 6.07 Å². The van der Waals surface area contributed by atoms with Gasteiger partial charge in [-0.15, -0.1) is 21.5 Å². The van der Waals surface area contributed by atoms with Gasteiger partial charge >= 0.3 is 0 Å². The van der Waals surface area contributed by atoms with Crippen molar-refractivity contribution in [2.75, 3.05) is 0 Å². The molecule has 2 heterocycles. The van der Waals surface area contributed by atoms with Crippen LogP contribution >= 0.6 is 11.3 Å². The summed E-state index contributed by atoms with van der Waals surface area (Å²) in [6.45, 7) is 1.66. The molecule has 14 heavy (non-hydrogen) atoms. The lowest BCUT2D eigenvalue weighted by atomic mass is 10.1. The molecule has 2 rings (SSSR count). The summed E-state index contributed by atoms with van der Waals surface area (Å²) in [5, 5.41) is 23.6. The van der Waals surface area contributed by atoms with Gasteiger partial charge in [0.15, 0.2) is 5.60 Å². The Hall–Kier alpha value is -1.27. The zero-order valence-corrected chi connectivity index (χ0v) is 8.69. The Morgan fingerprint density at radius 3 is 2.86 bits per heavy atom. The average molecular weight is 210 g/mol. The lowest BCUT2D eigenvalue weighted by Crippen LogP contribution is -2.23. The van der Waals surface area contributed by atoms with Crippen LogP contribution in [0, 0.1) is 0 Å².